The van der Waals surface area contributed by atoms with Crippen LogP contribution in [0.3, 0.4) is 0 Å². The lowest BCUT2D eigenvalue weighted by Crippen LogP contribution is -2.32. The SMILES string of the molecule is CCOC(=O)c1ccc(-n2c(N)c(C(=O)N[C@@H](C)CC)c3nc4ccccc4nc32)cc1. The van der Waals surface area contributed by atoms with E-state index in [1.807, 2.05) is 38.1 Å². The molecule has 8 heteroatoms. The van der Waals surface area contributed by atoms with Gasteiger partial charge >= 0.3 is 5.97 Å². The van der Waals surface area contributed by atoms with Gasteiger partial charge in [0.2, 0.25) is 0 Å². The number of ether oxygens (including phenoxy) is 1. The van der Waals surface area contributed by atoms with Crippen molar-refractivity contribution >= 4 is 39.9 Å². The summed E-state index contributed by atoms with van der Waals surface area (Å²) in [5, 5.41) is 2.97. The van der Waals surface area contributed by atoms with E-state index in [4.69, 9.17) is 20.4 Å². The van der Waals surface area contributed by atoms with Crippen molar-refractivity contribution < 1.29 is 14.3 Å². The Morgan fingerprint density at radius 1 is 1.06 bits per heavy atom. The first-order valence-corrected chi connectivity index (χ1v) is 10.6. The summed E-state index contributed by atoms with van der Waals surface area (Å²) in [7, 11) is 0. The number of carbonyl (C=O) groups is 2. The number of nitrogens with zero attached hydrogens (tertiary/aromatic N) is 3. The van der Waals surface area contributed by atoms with Crippen molar-refractivity contribution in [3.8, 4) is 5.69 Å². The average molecular weight is 431 g/mol. The minimum Gasteiger partial charge on any atom is -0.462 e. The Bertz CT molecular complexity index is 1310. The lowest BCUT2D eigenvalue weighted by atomic mass is 10.2. The normalized spacial score (nSPS) is 12.1. The monoisotopic (exact) mass is 431 g/mol. The first kappa shape index (κ1) is 21.3. The Morgan fingerprint density at radius 2 is 1.72 bits per heavy atom. The van der Waals surface area contributed by atoms with Crippen LogP contribution < -0.4 is 11.1 Å². The number of para-hydroxylation sites is 2. The van der Waals surface area contributed by atoms with Crippen LogP contribution in [0, 0.1) is 0 Å². The smallest absolute Gasteiger partial charge is 0.338 e. The van der Waals surface area contributed by atoms with Gasteiger partial charge < -0.3 is 15.8 Å². The van der Waals surface area contributed by atoms with Crippen LogP contribution in [0.1, 0.15) is 47.9 Å². The van der Waals surface area contributed by atoms with Gasteiger partial charge in [0.25, 0.3) is 5.91 Å². The van der Waals surface area contributed by atoms with Crippen molar-refractivity contribution in [2.75, 3.05) is 12.3 Å². The molecule has 0 aliphatic rings. The van der Waals surface area contributed by atoms with Crippen LogP contribution in [0.25, 0.3) is 27.9 Å². The number of nitrogens with two attached hydrogens (primary N) is 1. The second-order valence-corrected chi connectivity index (χ2v) is 7.53. The van der Waals surface area contributed by atoms with Gasteiger partial charge in [-0.3, -0.25) is 9.36 Å². The molecule has 0 radical (unpaired) electrons. The molecule has 0 saturated carbocycles. The number of hydrogen-bond acceptors (Lipinski definition) is 6. The molecule has 0 aliphatic carbocycles. The number of nitrogens with one attached hydrogen (secondary N) is 1. The molecule has 0 aliphatic heterocycles. The van der Waals surface area contributed by atoms with Crippen LogP contribution in [0.15, 0.2) is 48.5 Å². The number of fused-ring (bicyclic) bond motifs is 2. The number of benzene rings is 2. The van der Waals surface area contributed by atoms with Gasteiger partial charge in [-0.25, -0.2) is 14.8 Å². The van der Waals surface area contributed by atoms with Crippen molar-refractivity contribution in [3.63, 3.8) is 0 Å². The van der Waals surface area contributed by atoms with E-state index < -0.39 is 5.97 Å². The number of esters is 1. The molecule has 1 atom stereocenters. The summed E-state index contributed by atoms with van der Waals surface area (Å²) < 4.78 is 6.74. The Balaban J connectivity index is 1.92. The minimum atomic E-state index is -0.399. The van der Waals surface area contributed by atoms with Crippen LogP contribution in [0.4, 0.5) is 5.82 Å². The molecule has 4 rings (SSSR count). The van der Waals surface area contributed by atoms with E-state index in [0.29, 0.717) is 40.1 Å². The number of hydrogen-bond donors (Lipinski definition) is 2. The largest absolute Gasteiger partial charge is 0.462 e. The fourth-order valence-corrected chi connectivity index (χ4v) is 3.51. The summed E-state index contributed by atoms with van der Waals surface area (Å²) in [6.45, 7) is 5.99. The van der Waals surface area contributed by atoms with Crippen LogP contribution in [-0.2, 0) is 4.74 Å². The van der Waals surface area contributed by atoms with Gasteiger partial charge in [0.1, 0.15) is 16.9 Å². The van der Waals surface area contributed by atoms with Crippen molar-refractivity contribution in [1.82, 2.24) is 19.9 Å². The molecule has 0 spiro atoms. The zero-order valence-electron chi connectivity index (χ0n) is 18.3. The minimum absolute atomic E-state index is 0.0161. The Kier molecular flexibility index (Phi) is 5.77. The Morgan fingerprint density at radius 3 is 2.34 bits per heavy atom. The zero-order valence-corrected chi connectivity index (χ0v) is 18.3. The molecular formula is C24H25N5O3. The second-order valence-electron chi connectivity index (χ2n) is 7.53. The molecule has 2 aromatic heterocycles. The number of amides is 1. The van der Waals surface area contributed by atoms with Crippen LogP contribution in [0.5, 0.6) is 0 Å². The summed E-state index contributed by atoms with van der Waals surface area (Å²) in [4.78, 5) is 34.6. The van der Waals surface area contributed by atoms with Gasteiger partial charge in [-0.15, -0.1) is 0 Å². The molecule has 0 bridgehead atoms. The third-order valence-electron chi connectivity index (χ3n) is 5.35. The predicted octanol–water partition coefficient (Wildman–Crippen LogP) is 3.86. The Labute approximate surface area is 185 Å². The first-order chi connectivity index (χ1) is 15.4. The number of carbonyl (C=O) groups excluding carboxylic acids is 2. The van der Waals surface area contributed by atoms with E-state index in [1.165, 1.54) is 0 Å². The van der Waals surface area contributed by atoms with Gasteiger partial charge in [-0.1, -0.05) is 19.1 Å². The van der Waals surface area contributed by atoms with E-state index in [0.717, 1.165) is 6.42 Å². The third kappa shape index (κ3) is 3.75. The highest BCUT2D eigenvalue weighted by molar-refractivity contribution is 6.11. The zero-order chi connectivity index (χ0) is 22.8. The maximum absolute atomic E-state index is 13.1. The van der Waals surface area contributed by atoms with Crippen molar-refractivity contribution in [2.45, 2.75) is 33.2 Å². The van der Waals surface area contributed by atoms with E-state index in [1.54, 1.807) is 35.8 Å². The molecule has 2 heterocycles. The maximum Gasteiger partial charge on any atom is 0.338 e. The summed E-state index contributed by atoms with van der Waals surface area (Å²) in [5.41, 5.74) is 10.1. The van der Waals surface area contributed by atoms with Gasteiger partial charge in [-0.05, 0) is 56.7 Å². The summed E-state index contributed by atoms with van der Waals surface area (Å²) >= 11 is 0. The molecule has 8 nitrogen and oxygen atoms in total. The molecule has 164 valence electrons. The van der Waals surface area contributed by atoms with Gasteiger partial charge in [-0.2, -0.15) is 0 Å². The number of aromatic nitrogens is 3. The molecule has 0 saturated heterocycles. The fourth-order valence-electron chi connectivity index (χ4n) is 3.51. The summed E-state index contributed by atoms with van der Waals surface area (Å²) in [5.74, 6) is -0.461. The fraction of sp³-hybridized carbons (Fsp3) is 0.250. The number of rotatable bonds is 6. The molecule has 32 heavy (non-hydrogen) atoms. The average Bonchev–Trinajstić information content (AvgIpc) is 3.08. The van der Waals surface area contributed by atoms with Gasteiger partial charge in [0, 0.05) is 11.7 Å². The quantitative estimate of drug-likeness (QED) is 0.448. The van der Waals surface area contributed by atoms with Crippen LogP contribution >= 0.6 is 0 Å². The number of anilines is 1. The van der Waals surface area contributed by atoms with Crippen LogP contribution in [0.2, 0.25) is 0 Å². The van der Waals surface area contributed by atoms with Crippen molar-refractivity contribution in [1.29, 1.82) is 0 Å². The highest BCUT2D eigenvalue weighted by Gasteiger charge is 2.25. The first-order valence-electron chi connectivity index (χ1n) is 10.6. The standard InChI is InChI=1S/C24H25N5O3/c1-4-14(3)26-23(30)19-20-22(28-18-9-7-6-8-17(18)27-20)29(21(19)25)16-12-10-15(11-13-16)24(31)32-5-2/h6-14H,4-5,25H2,1-3H3,(H,26,30)/t14-/m0/s1. The molecule has 0 fully saturated rings. The summed E-state index contributed by atoms with van der Waals surface area (Å²) in [6.07, 6.45) is 0.786. The lowest BCUT2D eigenvalue weighted by molar-refractivity contribution is 0.0526. The highest BCUT2D eigenvalue weighted by atomic mass is 16.5. The van der Waals surface area contributed by atoms with Gasteiger partial charge in [0.05, 0.1) is 23.2 Å². The van der Waals surface area contributed by atoms with Gasteiger partial charge in [0.15, 0.2) is 5.65 Å². The van der Waals surface area contributed by atoms with Crippen LogP contribution in [-0.4, -0.2) is 39.1 Å². The van der Waals surface area contributed by atoms with E-state index in [9.17, 15) is 9.59 Å². The molecule has 2 aromatic carbocycles. The maximum atomic E-state index is 13.1. The molecule has 4 aromatic rings. The van der Waals surface area contributed by atoms with E-state index in [2.05, 4.69) is 5.32 Å². The second kappa shape index (κ2) is 8.66. The van der Waals surface area contributed by atoms with Crippen molar-refractivity contribution in [3.05, 3.63) is 59.7 Å². The van der Waals surface area contributed by atoms with E-state index in [-0.39, 0.29) is 23.3 Å². The number of nitrogen functional groups attached to an aromatic ring is 1. The van der Waals surface area contributed by atoms with E-state index >= 15 is 0 Å². The summed E-state index contributed by atoms with van der Waals surface area (Å²) in [6, 6.07) is 14.2. The predicted molar refractivity (Wildman–Crippen MR) is 124 cm³/mol. The molecule has 3 N–H and O–H groups in total. The molecular weight excluding hydrogens is 406 g/mol. The Hall–Kier alpha value is -3.94. The lowest BCUT2D eigenvalue weighted by Gasteiger charge is -2.12. The third-order valence-corrected chi connectivity index (χ3v) is 5.35. The van der Waals surface area contributed by atoms with Crippen molar-refractivity contribution in [2.24, 2.45) is 0 Å². The topological polar surface area (TPSA) is 112 Å². The molecule has 1 amide bonds. The molecule has 0 unspecified atom stereocenters. The highest BCUT2D eigenvalue weighted by Crippen LogP contribution is 2.31.